The normalized spacial score (nSPS) is 15.9. The maximum atomic E-state index is 13.1. The Morgan fingerprint density at radius 2 is 1.12 bits per heavy atom. The third kappa shape index (κ3) is 4.41. The van der Waals surface area contributed by atoms with Gasteiger partial charge in [0.05, 0.1) is 16.5 Å². The molecule has 4 rings (SSSR count). The minimum atomic E-state index is -4.52. The second-order valence-corrected chi connectivity index (χ2v) is 8.50. The van der Waals surface area contributed by atoms with E-state index in [1.165, 1.54) is 24.3 Å². The molecule has 3 aromatic rings. The average molecular weight is 478 g/mol. The second-order valence-electron chi connectivity index (χ2n) is 8.50. The van der Waals surface area contributed by atoms with Crippen molar-refractivity contribution < 1.29 is 36.2 Å². The highest BCUT2D eigenvalue weighted by atomic mass is 19.4. The van der Waals surface area contributed by atoms with Gasteiger partial charge < -0.3 is 5.11 Å². The number of halogens is 6. The summed E-state index contributed by atoms with van der Waals surface area (Å²) >= 11 is 0. The summed E-state index contributed by atoms with van der Waals surface area (Å²) in [5, 5.41) is 9.97. The first-order valence-electron chi connectivity index (χ1n) is 10.6. The van der Waals surface area contributed by atoms with E-state index < -0.39 is 34.9 Å². The van der Waals surface area contributed by atoms with Crippen LogP contribution in [0, 0.1) is 0 Å². The number of carboxylic acid groups (broad SMARTS) is 1. The molecular formula is C26H20F6O2. The summed E-state index contributed by atoms with van der Waals surface area (Å²) in [6, 6.07) is 13.9. The van der Waals surface area contributed by atoms with Crippen molar-refractivity contribution in [3.8, 4) is 22.3 Å². The van der Waals surface area contributed by atoms with E-state index in [1.807, 2.05) is 0 Å². The Balaban J connectivity index is 1.87. The fraction of sp³-hybridized carbons (Fsp3) is 0.269. The van der Waals surface area contributed by atoms with E-state index in [1.54, 1.807) is 18.2 Å². The third-order valence-electron chi connectivity index (χ3n) is 6.49. The lowest BCUT2D eigenvalue weighted by Gasteiger charge is -2.26. The number of carboxylic acids is 1. The number of hydrogen-bond donors (Lipinski definition) is 1. The SMILES string of the molecule is O=C(O)C1(c2ccc(-c3ccc(C(F)(F)F)cc3)c(-c3ccc(C(F)(F)F)cc3)c2)CCCC1. The summed E-state index contributed by atoms with van der Waals surface area (Å²) in [4.78, 5) is 12.2. The average Bonchev–Trinajstić information content (AvgIpc) is 3.29. The quantitative estimate of drug-likeness (QED) is 0.386. The molecule has 0 unspecified atom stereocenters. The molecule has 0 atom stereocenters. The Kier molecular flexibility index (Phi) is 5.96. The summed E-state index contributed by atoms with van der Waals surface area (Å²) in [6.45, 7) is 0. The highest BCUT2D eigenvalue weighted by molar-refractivity contribution is 5.87. The molecule has 1 saturated carbocycles. The molecule has 0 bridgehead atoms. The molecule has 2 nitrogen and oxygen atoms in total. The Hall–Kier alpha value is -3.29. The second kappa shape index (κ2) is 8.49. The molecule has 8 heteroatoms. The number of alkyl halides is 6. The van der Waals surface area contributed by atoms with E-state index in [4.69, 9.17) is 0 Å². The lowest BCUT2D eigenvalue weighted by atomic mass is 9.77. The molecule has 34 heavy (non-hydrogen) atoms. The lowest BCUT2D eigenvalue weighted by Crippen LogP contribution is -2.32. The van der Waals surface area contributed by atoms with Gasteiger partial charge in [-0.25, -0.2) is 0 Å². The van der Waals surface area contributed by atoms with Crippen molar-refractivity contribution in [1.29, 1.82) is 0 Å². The molecule has 0 aromatic heterocycles. The fourth-order valence-corrected chi connectivity index (χ4v) is 4.61. The van der Waals surface area contributed by atoms with Gasteiger partial charge in [-0.15, -0.1) is 0 Å². The first kappa shape index (κ1) is 23.9. The van der Waals surface area contributed by atoms with Crippen molar-refractivity contribution in [1.82, 2.24) is 0 Å². The number of hydrogen-bond acceptors (Lipinski definition) is 1. The lowest BCUT2D eigenvalue weighted by molar-refractivity contribution is -0.143. The predicted molar refractivity (Wildman–Crippen MR) is 115 cm³/mol. The summed E-state index contributed by atoms with van der Waals surface area (Å²) in [5.41, 5.74) is -0.425. The van der Waals surface area contributed by atoms with Gasteiger partial charge in [0.15, 0.2) is 0 Å². The Bertz CT molecular complexity index is 1190. The van der Waals surface area contributed by atoms with Gasteiger partial charge in [-0.2, -0.15) is 26.3 Å². The molecule has 1 N–H and O–H groups in total. The molecule has 1 aliphatic carbocycles. The van der Waals surface area contributed by atoms with Crippen LogP contribution in [0.4, 0.5) is 26.3 Å². The fourth-order valence-electron chi connectivity index (χ4n) is 4.61. The Labute approximate surface area is 191 Å². The summed E-state index contributed by atoms with van der Waals surface area (Å²) in [7, 11) is 0. The van der Waals surface area contributed by atoms with Gasteiger partial charge in [0.2, 0.25) is 0 Å². The van der Waals surface area contributed by atoms with E-state index in [0.29, 0.717) is 40.7 Å². The molecule has 0 saturated heterocycles. The van der Waals surface area contributed by atoms with E-state index in [9.17, 15) is 36.2 Å². The van der Waals surface area contributed by atoms with E-state index in [-0.39, 0.29) is 0 Å². The first-order valence-corrected chi connectivity index (χ1v) is 10.6. The van der Waals surface area contributed by atoms with Crippen LogP contribution >= 0.6 is 0 Å². The zero-order valence-corrected chi connectivity index (χ0v) is 17.8. The highest BCUT2D eigenvalue weighted by Gasteiger charge is 2.43. The van der Waals surface area contributed by atoms with Crippen LogP contribution in [-0.4, -0.2) is 11.1 Å². The standard InChI is InChI=1S/C26H20F6O2/c27-25(28,29)18-7-3-16(4-8-18)21-12-11-20(24(23(33)34)13-1-2-14-24)15-22(21)17-5-9-19(10-6-17)26(30,31)32/h3-12,15H,1-2,13-14H2,(H,33,34). The summed E-state index contributed by atoms with van der Waals surface area (Å²) in [5.74, 6) is -0.967. The molecule has 3 aromatic carbocycles. The Morgan fingerprint density at radius 1 is 0.676 bits per heavy atom. The Morgan fingerprint density at radius 3 is 1.53 bits per heavy atom. The van der Waals surface area contributed by atoms with Gasteiger partial charge >= 0.3 is 18.3 Å². The maximum Gasteiger partial charge on any atom is 0.416 e. The monoisotopic (exact) mass is 478 g/mol. The molecule has 178 valence electrons. The largest absolute Gasteiger partial charge is 0.481 e. The molecular weight excluding hydrogens is 458 g/mol. The molecule has 1 aliphatic rings. The zero-order chi connectivity index (χ0) is 24.7. The number of benzene rings is 3. The van der Waals surface area contributed by atoms with E-state index >= 15 is 0 Å². The van der Waals surface area contributed by atoms with Crippen molar-refractivity contribution >= 4 is 5.97 Å². The minimum absolute atomic E-state index is 0.406. The molecule has 0 aliphatic heterocycles. The van der Waals surface area contributed by atoms with Crippen molar-refractivity contribution in [2.45, 2.75) is 43.5 Å². The van der Waals surface area contributed by atoms with Gasteiger partial charge in [-0.3, -0.25) is 4.79 Å². The third-order valence-corrected chi connectivity index (χ3v) is 6.49. The smallest absolute Gasteiger partial charge is 0.416 e. The van der Waals surface area contributed by atoms with Gasteiger partial charge in [-0.1, -0.05) is 49.2 Å². The van der Waals surface area contributed by atoms with Crippen LogP contribution in [0.25, 0.3) is 22.3 Å². The van der Waals surface area contributed by atoms with E-state index in [0.717, 1.165) is 37.1 Å². The number of rotatable bonds is 4. The molecule has 0 amide bonds. The number of aliphatic carboxylic acids is 1. The van der Waals surface area contributed by atoms with Crippen LogP contribution < -0.4 is 0 Å². The van der Waals surface area contributed by atoms with Crippen LogP contribution in [0.5, 0.6) is 0 Å². The topological polar surface area (TPSA) is 37.3 Å². The van der Waals surface area contributed by atoms with Crippen LogP contribution in [0.15, 0.2) is 66.7 Å². The molecule has 0 radical (unpaired) electrons. The van der Waals surface area contributed by atoms with Crippen molar-refractivity contribution in [3.63, 3.8) is 0 Å². The predicted octanol–water partition coefficient (Wildman–Crippen LogP) is 7.95. The van der Waals surface area contributed by atoms with Gasteiger partial charge in [-0.05, 0) is 71.0 Å². The number of carbonyl (C=O) groups is 1. The van der Waals surface area contributed by atoms with E-state index in [2.05, 4.69) is 0 Å². The van der Waals surface area contributed by atoms with Gasteiger partial charge in [0.25, 0.3) is 0 Å². The van der Waals surface area contributed by atoms with Crippen molar-refractivity contribution in [2.24, 2.45) is 0 Å². The highest BCUT2D eigenvalue weighted by Crippen LogP contribution is 2.45. The van der Waals surface area contributed by atoms with Crippen LogP contribution in [0.3, 0.4) is 0 Å². The van der Waals surface area contributed by atoms with Crippen LogP contribution in [0.1, 0.15) is 42.4 Å². The molecule has 0 heterocycles. The summed E-state index contributed by atoms with van der Waals surface area (Å²) < 4.78 is 78.1. The van der Waals surface area contributed by atoms with Crippen LogP contribution in [-0.2, 0) is 22.6 Å². The van der Waals surface area contributed by atoms with Crippen molar-refractivity contribution in [3.05, 3.63) is 83.4 Å². The molecule has 0 spiro atoms. The zero-order valence-electron chi connectivity index (χ0n) is 17.8. The summed E-state index contributed by atoms with van der Waals surface area (Å²) in [6.07, 6.45) is -6.67. The maximum absolute atomic E-state index is 13.1. The molecule has 1 fully saturated rings. The minimum Gasteiger partial charge on any atom is -0.481 e. The van der Waals surface area contributed by atoms with Gasteiger partial charge in [0.1, 0.15) is 0 Å². The first-order chi connectivity index (χ1) is 15.9. The van der Waals surface area contributed by atoms with Crippen LogP contribution in [0.2, 0.25) is 0 Å². The van der Waals surface area contributed by atoms with Gasteiger partial charge in [0, 0.05) is 0 Å². The van der Waals surface area contributed by atoms with Crippen molar-refractivity contribution in [2.75, 3.05) is 0 Å².